The molecule has 2 aromatic rings. The third-order valence-corrected chi connectivity index (χ3v) is 17.5. The molecule has 64 heavy (non-hydrogen) atoms. The molecule has 6 aliphatic rings. The van der Waals surface area contributed by atoms with Crippen LogP contribution in [0.5, 0.6) is 5.75 Å². The molecule has 1 saturated carbocycles. The number of esters is 1. The monoisotopic (exact) mass is 920 g/mol. The summed E-state index contributed by atoms with van der Waals surface area (Å²) in [5, 5.41) is 48.0. The highest BCUT2D eigenvalue weighted by Crippen LogP contribution is 2.59. The number of hydrogen-bond donors (Lipinski definition) is 7. The van der Waals surface area contributed by atoms with Gasteiger partial charge in [0, 0.05) is 103 Å². The summed E-state index contributed by atoms with van der Waals surface area (Å²) in [6, 6.07) is 5.27. The lowest BCUT2D eigenvalue weighted by atomic mass is 9.57. The van der Waals surface area contributed by atoms with Gasteiger partial charge in [0.15, 0.2) is 11.2 Å². The molecule has 2 aliphatic carbocycles. The molecule has 1 aromatic carbocycles. The summed E-state index contributed by atoms with van der Waals surface area (Å²) in [4.78, 5) is 56.7. The van der Waals surface area contributed by atoms with Crippen LogP contribution in [0.2, 0.25) is 0 Å². The minimum Gasteiger partial charge on any atom is -0.481 e. The summed E-state index contributed by atoms with van der Waals surface area (Å²) in [6.07, 6.45) is 8.66. The van der Waals surface area contributed by atoms with Gasteiger partial charge >= 0.3 is 11.6 Å². The first-order valence-corrected chi connectivity index (χ1v) is 24.7. The van der Waals surface area contributed by atoms with Crippen molar-refractivity contribution >= 4 is 50.7 Å². The maximum absolute atomic E-state index is 14.6. The molecule has 1 spiro atoms. The van der Waals surface area contributed by atoms with Crippen LogP contribution in [0.4, 0.5) is 0 Å². The molecular weight excluding hydrogens is 861 g/mol. The van der Waals surface area contributed by atoms with Gasteiger partial charge in [0.2, 0.25) is 5.91 Å². The summed E-state index contributed by atoms with van der Waals surface area (Å²) >= 11 is 0. The highest BCUT2D eigenvalue weighted by Gasteiger charge is 2.67. The molecule has 17 heteroatoms. The molecule has 10 unspecified atom stereocenters. The van der Waals surface area contributed by atoms with Crippen LogP contribution >= 0.6 is 21.6 Å². The Balaban J connectivity index is 1.29. The van der Waals surface area contributed by atoms with Crippen molar-refractivity contribution in [1.29, 1.82) is 0 Å². The van der Waals surface area contributed by atoms with Crippen molar-refractivity contribution in [2.24, 2.45) is 35.3 Å². The number of aliphatic hydroxyl groups is 4. The van der Waals surface area contributed by atoms with E-state index in [-0.39, 0.29) is 104 Å². The van der Waals surface area contributed by atoms with E-state index >= 15 is 0 Å². The lowest BCUT2D eigenvalue weighted by molar-refractivity contribution is -0.202. The van der Waals surface area contributed by atoms with Crippen molar-refractivity contribution in [1.82, 2.24) is 15.5 Å². The van der Waals surface area contributed by atoms with Gasteiger partial charge in [0.1, 0.15) is 17.6 Å². The fraction of sp³-hybridized carbons (Fsp3) is 0.574. The molecule has 4 aliphatic heterocycles. The van der Waals surface area contributed by atoms with Crippen LogP contribution in [0.15, 0.2) is 73.8 Å². The van der Waals surface area contributed by atoms with Crippen molar-refractivity contribution in [3.05, 3.63) is 86.1 Å². The minimum absolute atomic E-state index is 0.0102. The summed E-state index contributed by atoms with van der Waals surface area (Å²) in [5.41, 5.74) is 7.09. The maximum Gasteiger partial charge on any atom is 0.339 e. The predicted molar refractivity (Wildman–Crippen MR) is 244 cm³/mol. The van der Waals surface area contributed by atoms with Crippen LogP contribution in [-0.4, -0.2) is 124 Å². The molecule has 0 bridgehead atoms. The minimum atomic E-state index is -1.59. The molecule has 1 aromatic heterocycles. The Hall–Kier alpha value is -4.10. The molecule has 8 rings (SSSR count). The number of dihydropyridines is 1. The number of carbonyl (C=O) groups is 3. The van der Waals surface area contributed by atoms with Crippen LogP contribution < -0.4 is 26.7 Å². The van der Waals surface area contributed by atoms with E-state index < -0.39 is 41.2 Å². The molecule has 5 heterocycles. The van der Waals surface area contributed by atoms with Crippen molar-refractivity contribution in [2.45, 2.75) is 87.3 Å². The van der Waals surface area contributed by atoms with E-state index in [4.69, 9.17) is 19.6 Å². The Morgan fingerprint density at radius 2 is 2.00 bits per heavy atom. The number of allylic oxidation sites excluding steroid dienone is 2. The van der Waals surface area contributed by atoms with E-state index in [1.165, 1.54) is 0 Å². The highest BCUT2D eigenvalue weighted by molar-refractivity contribution is 8.77. The average molecular weight is 921 g/mol. The number of nitrogens with zero attached hydrogens (tertiary/aromatic N) is 1. The molecule has 10 atom stereocenters. The SMILES string of the molecule is CC=C(CCO)C(=O)OC1(C)C(CO)C=C2CSSC3CC(C=O)C(NC)C4CN(C(=O)CC5=C(C=C(N)NC5)C2C12Cc1cc5cc(CC(CO)CCCO)c(=O)oc5cc1O2)C34. The number of hydrogen-bond acceptors (Lipinski definition) is 16. The number of rotatable bonds is 13. The van der Waals surface area contributed by atoms with Crippen LogP contribution in [0.3, 0.4) is 0 Å². The van der Waals surface area contributed by atoms with E-state index in [1.54, 1.807) is 53.6 Å². The molecule has 346 valence electrons. The fourth-order valence-electron chi connectivity index (χ4n) is 11.4. The van der Waals surface area contributed by atoms with Gasteiger partial charge in [0.25, 0.3) is 0 Å². The Kier molecular flexibility index (Phi) is 13.8. The molecule has 2 fully saturated rings. The average Bonchev–Trinajstić information content (AvgIpc) is 3.64. The van der Waals surface area contributed by atoms with Gasteiger partial charge in [-0.25, -0.2) is 9.59 Å². The number of benzene rings is 1. The Morgan fingerprint density at radius 1 is 1.19 bits per heavy atom. The van der Waals surface area contributed by atoms with Gasteiger partial charge in [-0.1, -0.05) is 39.3 Å². The first-order chi connectivity index (χ1) is 30.9. The molecule has 1 amide bonds. The Bertz CT molecular complexity index is 2350. The normalized spacial score (nSPS) is 31.7. The van der Waals surface area contributed by atoms with Gasteiger partial charge in [0.05, 0.1) is 30.8 Å². The van der Waals surface area contributed by atoms with E-state index in [2.05, 4.69) is 10.6 Å². The van der Waals surface area contributed by atoms with Crippen molar-refractivity contribution in [2.75, 3.05) is 52.3 Å². The smallest absolute Gasteiger partial charge is 0.339 e. The van der Waals surface area contributed by atoms with Gasteiger partial charge in [-0.3, -0.25) is 4.79 Å². The molecule has 1 saturated heterocycles. The van der Waals surface area contributed by atoms with Crippen LogP contribution in [0.1, 0.15) is 57.1 Å². The van der Waals surface area contributed by atoms with E-state index in [9.17, 15) is 39.6 Å². The molecule has 8 N–H and O–H groups in total. The van der Waals surface area contributed by atoms with Gasteiger partial charge in [-0.05, 0) is 87.4 Å². The number of aldehydes is 1. The molecule has 15 nitrogen and oxygen atoms in total. The van der Waals surface area contributed by atoms with Crippen molar-refractivity contribution in [3.63, 3.8) is 0 Å². The predicted octanol–water partition coefficient (Wildman–Crippen LogP) is 2.67. The highest BCUT2D eigenvalue weighted by atomic mass is 33.1. The lowest BCUT2D eigenvalue weighted by Crippen LogP contribution is -2.71. The van der Waals surface area contributed by atoms with Crippen LogP contribution in [0.25, 0.3) is 11.0 Å². The number of aliphatic hydroxyl groups excluding tert-OH is 4. The lowest BCUT2D eigenvalue weighted by Gasteiger charge is -2.59. The first-order valence-electron chi connectivity index (χ1n) is 22.3. The maximum atomic E-state index is 14.6. The van der Waals surface area contributed by atoms with Gasteiger partial charge in [-0.15, -0.1) is 0 Å². The van der Waals surface area contributed by atoms with E-state index in [0.717, 1.165) is 28.6 Å². The van der Waals surface area contributed by atoms with E-state index in [1.807, 2.05) is 30.2 Å². The number of amides is 1. The van der Waals surface area contributed by atoms with Crippen LogP contribution in [0, 0.1) is 29.6 Å². The number of ether oxygens (including phenoxy) is 2. The quantitative estimate of drug-likeness (QED) is 0.0382. The number of fused-ring (bicyclic) bond motifs is 5. The Labute approximate surface area is 380 Å². The second-order valence-corrected chi connectivity index (χ2v) is 20.8. The standard InChI is InChI=1S/C47H60N4O11S2/c1-4-26(7-9-53)45(59)62-46(2)33(23-56)13-32-24-63-64-38-14-31(22-55)42(49-3)35-20-51(43(35)38)40(57)15-30-19-50-39(48)16-34(30)41(32)47(46)18-29-12-27-11-28(10-25(21-54)6-5-8-52)44(58)60-36(27)17-37(29)61-47/h4,11-13,16-17,22,25,31,33,35,38,41-43,49-50,52-54,56H,5-10,14-15,18-21,23-24,48H2,1-3H3. The van der Waals surface area contributed by atoms with Gasteiger partial charge in [-0.2, -0.15) is 0 Å². The number of nitrogens with two attached hydrogens (primary N) is 1. The zero-order chi connectivity index (χ0) is 45.5. The summed E-state index contributed by atoms with van der Waals surface area (Å²) < 4.78 is 19.9. The zero-order valence-electron chi connectivity index (χ0n) is 36.5. The second-order valence-electron chi connectivity index (χ2n) is 18.2. The topological polar surface area (TPSA) is 234 Å². The third-order valence-electron chi connectivity index (χ3n) is 14.7. The summed E-state index contributed by atoms with van der Waals surface area (Å²) in [7, 11) is 5.18. The number of nitrogens with one attached hydrogen (secondary N) is 2. The van der Waals surface area contributed by atoms with Crippen LogP contribution in [-0.2, 0) is 32.0 Å². The second kappa shape index (κ2) is 19.0. The Morgan fingerprint density at radius 3 is 2.70 bits per heavy atom. The number of carbonyl (C=O) groups excluding carboxylic acids is 3. The zero-order valence-corrected chi connectivity index (χ0v) is 38.2. The molecular formula is C47H60N4O11S2. The summed E-state index contributed by atoms with van der Waals surface area (Å²) in [6.45, 7) is 3.41. The third kappa shape index (κ3) is 8.12. The van der Waals surface area contributed by atoms with Gasteiger partial charge < -0.3 is 60.4 Å². The fourth-order valence-corrected chi connectivity index (χ4v) is 14.5. The largest absolute Gasteiger partial charge is 0.481 e. The van der Waals surface area contributed by atoms with Crippen molar-refractivity contribution in [3.8, 4) is 5.75 Å². The molecule has 0 radical (unpaired) electrons. The van der Waals surface area contributed by atoms with Crippen molar-refractivity contribution < 1.29 is 48.7 Å². The first kappa shape index (κ1) is 46.4. The van der Waals surface area contributed by atoms with E-state index in [0.29, 0.717) is 54.1 Å². The summed E-state index contributed by atoms with van der Waals surface area (Å²) in [5.74, 6) is -1.25.